The number of nitrogens with two attached hydrogens (primary N) is 1. The van der Waals surface area contributed by atoms with Crippen LogP contribution in [0.25, 0.3) is 0 Å². The monoisotopic (exact) mass is 133 g/mol. The summed E-state index contributed by atoms with van der Waals surface area (Å²) in [6.45, 7) is -0.0238. The van der Waals surface area contributed by atoms with Gasteiger partial charge in [-0.2, -0.15) is 0 Å². The summed E-state index contributed by atoms with van der Waals surface area (Å²) in [5.74, 6) is -1.67. The molecule has 0 saturated carbocycles. The summed E-state index contributed by atoms with van der Waals surface area (Å²) >= 11 is 0. The normalized spacial score (nSPS) is 13.1. The van der Waals surface area contributed by atoms with E-state index in [1.165, 1.54) is 0 Å². The van der Waals surface area contributed by atoms with Crippen molar-refractivity contribution in [2.75, 3.05) is 13.2 Å². The zero-order valence-electron chi connectivity index (χ0n) is 5.08. The third kappa shape index (κ3) is 3.05. The molecule has 0 aromatic carbocycles. The molecule has 0 aliphatic heterocycles. The Bertz CT molecular complexity index is 94.2. The van der Waals surface area contributed by atoms with E-state index >= 15 is 0 Å². The second kappa shape index (κ2) is 4.29. The standard InChI is InChI=1S/C5H11NO3/c6-2-1-4(3-7)5(8)9/h4,7H,1-3,6H2,(H,8,9). The van der Waals surface area contributed by atoms with Crippen LogP contribution in [-0.4, -0.2) is 29.3 Å². The lowest BCUT2D eigenvalue weighted by Crippen LogP contribution is -2.21. The van der Waals surface area contributed by atoms with Crippen molar-refractivity contribution >= 4 is 5.97 Å². The van der Waals surface area contributed by atoms with Gasteiger partial charge in [0.25, 0.3) is 0 Å². The summed E-state index contributed by atoms with van der Waals surface area (Å²) in [5, 5.41) is 16.7. The molecule has 0 aromatic heterocycles. The van der Waals surface area contributed by atoms with Crippen molar-refractivity contribution in [2.24, 2.45) is 11.7 Å². The molecule has 0 saturated heterocycles. The van der Waals surface area contributed by atoms with Gasteiger partial charge in [0.2, 0.25) is 0 Å². The molecule has 0 bridgehead atoms. The fourth-order valence-corrected chi connectivity index (χ4v) is 0.494. The van der Waals surface area contributed by atoms with Gasteiger partial charge in [0.05, 0.1) is 12.5 Å². The molecule has 0 aromatic rings. The molecule has 54 valence electrons. The molecule has 4 N–H and O–H groups in total. The quantitative estimate of drug-likeness (QED) is 0.460. The number of aliphatic carboxylic acids is 1. The van der Waals surface area contributed by atoms with Gasteiger partial charge < -0.3 is 15.9 Å². The number of aliphatic hydroxyl groups excluding tert-OH is 1. The second-order valence-corrected chi connectivity index (χ2v) is 1.80. The highest BCUT2D eigenvalue weighted by molar-refractivity contribution is 5.70. The summed E-state index contributed by atoms with van der Waals surface area (Å²) in [5.41, 5.74) is 5.07. The van der Waals surface area contributed by atoms with Crippen LogP contribution in [-0.2, 0) is 4.79 Å². The van der Waals surface area contributed by atoms with Crippen LogP contribution in [0.3, 0.4) is 0 Å². The van der Waals surface area contributed by atoms with Gasteiger partial charge >= 0.3 is 5.97 Å². The van der Waals surface area contributed by atoms with E-state index in [-0.39, 0.29) is 6.61 Å². The van der Waals surface area contributed by atoms with Crippen molar-refractivity contribution in [2.45, 2.75) is 6.42 Å². The van der Waals surface area contributed by atoms with Crippen molar-refractivity contribution in [3.8, 4) is 0 Å². The minimum absolute atomic E-state index is 0.303. The Kier molecular flexibility index (Phi) is 4.00. The number of carboxylic acids is 1. The molecular formula is C5H11NO3. The summed E-state index contributed by atoms with van der Waals surface area (Å²) in [7, 11) is 0. The van der Waals surface area contributed by atoms with Crippen molar-refractivity contribution in [1.82, 2.24) is 0 Å². The van der Waals surface area contributed by atoms with Crippen LogP contribution in [0.15, 0.2) is 0 Å². The predicted octanol–water partition coefficient (Wildman–Crippen LogP) is -0.972. The third-order valence-electron chi connectivity index (χ3n) is 1.08. The zero-order chi connectivity index (χ0) is 7.28. The molecular weight excluding hydrogens is 122 g/mol. The van der Waals surface area contributed by atoms with Gasteiger partial charge in [0.15, 0.2) is 0 Å². The molecule has 0 rings (SSSR count). The van der Waals surface area contributed by atoms with Gasteiger partial charge in [-0.15, -0.1) is 0 Å². The fourth-order valence-electron chi connectivity index (χ4n) is 0.494. The number of aliphatic hydroxyl groups is 1. The Labute approximate surface area is 53.3 Å². The Balaban J connectivity index is 3.54. The lowest BCUT2D eigenvalue weighted by molar-refractivity contribution is -0.143. The van der Waals surface area contributed by atoms with E-state index in [9.17, 15) is 4.79 Å². The largest absolute Gasteiger partial charge is 0.481 e. The van der Waals surface area contributed by atoms with Crippen molar-refractivity contribution < 1.29 is 15.0 Å². The number of carbonyl (C=O) groups is 1. The van der Waals surface area contributed by atoms with E-state index in [2.05, 4.69) is 0 Å². The van der Waals surface area contributed by atoms with E-state index < -0.39 is 11.9 Å². The molecule has 9 heavy (non-hydrogen) atoms. The van der Waals surface area contributed by atoms with Crippen LogP contribution >= 0.6 is 0 Å². The Morgan fingerprint density at radius 1 is 1.67 bits per heavy atom. The Morgan fingerprint density at radius 3 is 2.33 bits per heavy atom. The van der Waals surface area contributed by atoms with Crippen LogP contribution in [0.4, 0.5) is 0 Å². The topological polar surface area (TPSA) is 83.5 Å². The Hall–Kier alpha value is -0.610. The maximum atomic E-state index is 10.1. The van der Waals surface area contributed by atoms with Gasteiger partial charge in [-0.3, -0.25) is 4.79 Å². The molecule has 0 spiro atoms. The smallest absolute Gasteiger partial charge is 0.308 e. The molecule has 4 heteroatoms. The van der Waals surface area contributed by atoms with Gasteiger partial charge in [-0.25, -0.2) is 0 Å². The minimum Gasteiger partial charge on any atom is -0.481 e. The van der Waals surface area contributed by atoms with Crippen LogP contribution in [0.1, 0.15) is 6.42 Å². The lowest BCUT2D eigenvalue weighted by atomic mass is 10.1. The van der Waals surface area contributed by atoms with Crippen molar-refractivity contribution in [1.29, 1.82) is 0 Å². The first-order valence-electron chi connectivity index (χ1n) is 2.76. The fraction of sp³-hybridized carbons (Fsp3) is 0.800. The van der Waals surface area contributed by atoms with E-state index in [1.54, 1.807) is 0 Å². The van der Waals surface area contributed by atoms with Gasteiger partial charge in [-0.1, -0.05) is 0 Å². The number of carboxylic acid groups (broad SMARTS) is 1. The summed E-state index contributed by atoms with van der Waals surface area (Å²) in [6, 6.07) is 0. The van der Waals surface area contributed by atoms with Gasteiger partial charge in [0.1, 0.15) is 0 Å². The van der Waals surface area contributed by atoms with E-state index in [4.69, 9.17) is 15.9 Å². The Morgan fingerprint density at radius 2 is 2.22 bits per heavy atom. The first kappa shape index (κ1) is 8.39. The van der Waals surface area contributed by atoms with Gasteiger partial charge in [0, 0.05) is 0 Å². The average molecular weight is 133 g/mol. The summed E-state index contributed by atoms with van der Waals surface area (Å²) in [4.78, 5) is 10.1. The maximum Gasteiger partial charge on any atom is 0.308 e. The van der Waals surface area contributed by atoms with Gasteiger partial charge in [-0.05, 0) is 13.0 Å². The average Bonchev–Trinajstić information content (AvgIpc) is 1.82. The molecule has 0 heterocycles. The molecule has 1 unspecified atom stereocenters. The van der Waals surface area contributed by atoms with Crippen molar-refractivity contribution in [3.05, 3.63) is 0 Å². The molecule has 4 nitrogen and oxygen atoms in total. The van der Waals surface area contributed by atoms with Crippen LogP contribution in [0, 0.1) is 5.92 Å². The number of hydrogen-bond donors (Lipinski definition) is 3. The minimum atomic E-state index is -0.983. The van der Waals surface area contributed by atoms with Crippen LogP contribution in [0.5, 0.6) is 0 Å². The van der Waals surface area contributed by atoms with Crippen LogP contribution < -0.4 is 5.73 Å². The first-order valence-corrected chi connectivity index (χ1v) is 2.76. The number of rotatable bonds is 4. The lowest BCUT2D eigenvalue weighted by Gasteiger charge is -2.04. The molecule has 0 radical (unpaired) electrons. The summed E-state index contributed by atoms with van der Waals surface area (Å²) in [6.07, 6.45) is 0.339. The SMILES string of the molecule is NCCC(CO)C(=O)O. The highest BCUT2D eigenvalue weighted by atomic mass is 16.4. The molecule has 0 amide bonds. The highest BCUT2D eigenvalue weighted by Gasteiger charge is 2.13. The molecule has 0 aliphatic carbocycles. The van der Waals surface area contributed by atoms with E-state index in [0.29, 0.717) is 13.0 Å². The third-order valence-corrected chi connectivity index (χ3v) is 1.08. The highest BCUT2D eigenvalue weighted by Crippen LogP contribution is 1.98. The van der Waals surface area contributed by atoms with Crippen molar-refractivity contribution in [3.63, 3.8) is 0 Å². The van der Waals surface area contributed by atoms with Crippen LogP contribution in [0.2, 0.25) is 0 Å². The molecule has 0 aliphatic rings. The maximum absolute atomic E-state index is 10.1. The first-order chi connectivity index (χ1) is 4.22. The molecule has 1 atom stereocenters. The second-order valence-electron chi connectivity index (χ2n) is 1.80. The molecule has 0 fully saturated rings. The van der Waals surface area contributed by atoms with E-state index in [0.717, 1.165) is 0 Å². The number of hydrogen-bond acceptors (Lipinski definition) is 3. The zero-order valence-corrected chi connectivity index (χ0v) is 5.08. The predicted molar refractivity (Wildman–Crippen MR) is 31.9 cm³/mol. The van der Waals surface area contributed by atoms with E-state index in [1.807, 2.05) is 0 Å². The summed E-state index contributed by atoms with van der Waals surface area (Å²) < 4.78 is 0.